The quantitative estimate of drug-likeness (QED) is 0.149. The highest BCUT2D eigenvalue weighted by Crippen LogP contribution is 2.46. The molecule has 0 radical (unpaired) electrons. The highest BCUT2D eigenvalue weighted by Gasteiger charge is 2.32. The third kappa shape index (κ3) is 7.92. The molecule has 0 atom stereocenters. The normalized spacial score (nSPS) is 11.3. The first-order valence-electron chi connectivity index (χ1n) is 23.9. The molecule has 354 valence electrons. The van der Waals surface area contributed by atoms with Crippen molar-refractivity contribution in [3.05, 3.63) is 257 Å². The summed E-state index contributed by atoms with van der Waals surface area (Å²) < 4.78 is 49.6. The minimum absolute atomic E-state index is 0.257. The smallest absolute Gasteiger partial charge is 0.310 e. The van der Waals surface area contributed by atoms with E-state index in [2.05, 4.69) is 32.7 Å². The number of nitriles is 2. The fraction of sp³-hybridized carbons (Fsp3) is 0.0152. The van der Waals surface area contributed by atoms with Gasteiger partial charge >= 0.3 is 6.18 Å². The third-order valence-corrected chi connectivity index (χ3v) is 14.0. The number of nitrogens with zero attached hydrogens (tertiary/aromatic N) is 7. The number of benzene rings is 10. The number of aromatic nitrogens is 2. The van der Waals surface area contributed by atoms with E-state index in [4.69, 9.17) is 19.7 Å². The fourth-order valence-corrected chi connectivity index (χ4v) is 10.5. The Kier molecular flexibility index (Phi) is 11.1. The first-order chi connectivity index (χ1) is 37.0. The summed E-state index contributed by atoms with van der Waals surface area (Å²) in [7, 11) is 0. The minimum atomic E-state index is -4.72. The highest BCUT2D eigenvalue weighted by atomic mass is 19.4. The van der Waals surface area contributed by atoms with E-state index in [1.807, 2.05) is 149 Å². The van der Waals surface area contributed by atoms with Gasteiger partial charge in [-0.15, -0.1) is 0 Å². The molecule has 0 spiro atoms. The van der Waals surface area contributed by atoms with Crippen LogP contribution >= 0.6 is 0 Å². The molecule has 0 amide bonds. The summed E-state index contributed by atoms with van der Waals surface area (Å²) in [6.07, 6.45) is -4.72. The summed E-state index contributed by atoms with van der Waals surface area (Å²) in [5, 5.41) is 22.9. The van der Waals surface area contributed by atoms with Crippen molar-refractivity contribution in [3.8, 4) is 79.1 Å². The van der Waals surface area contributed by atoms with Crippen molar-refractivity contribution in [2.45, 2.75) is 6.18 Å². The second-order valence-corrected chi connectivity index (χ2v) is 18.4. The summed E-state index contributed by atoms with van der Waals surface area (Å²) in [5.41, 5.74) is 12.5. The van der Waals surface area contributed by atoms with Gasteiger partial charge in [0.15, 0.2) is 17.1 Å². The van der Waals surface area contributed by atoms with Crippen molar-refractivity contribution < 1.29 is 13.2 Å². The standard InChI is InChI=1S/C66H34F3N7/c1-72-51-14-6-12-44(30-51)48-18-24-61-56(34-48)55-32-46(42-10-4-8-40(28-42)38-70)16-23-60(55)75(61)64-27-20-50(66(67,68)69)36-59(64)54-22-21-53(74-3)37-65(54)76-62-25-17-47(43-11-5-9-41(29-43)39-71)33-57(62)58-35-49(19-26-63(58)76)45-13-7-15-52(31-45)73-2/h4-37H. The lowest BCUT2D eigenvalue weighted by Crippen LogP contribution is -2.08. The summed E-state index contributed by atoms with van der Waals surface area (Å²) in [6, 6.07) is 66.5. The van der Waals surface area contributed by atoms with Crippen LogP contribution in [0.4, 0.5) is 30.2 Å². The van der Waals surface area contributed by atoms with Crippen molar-refractivity contribution in [2.75, 3.05) is 0 Å². The van der Waals surface area contributed by atoms with Crippen molar-refractivity contribution in [1.82, 2.24) is 9.13 Å². The van der Waals surface area contributed by atoms with Gasteiger partial charge < -0.3 is 9.13 Å². The van der Waals surface area contributed by atoms with Gasteiger partial charge in [0.05, 0.1) is 76.3 Å². The average Bonchev–Trinajstić information content (AvgIpc) is 4.15. The van der Waals surface area contributed by atoms with E-state index in [-0.39, 0.29) is 11.3 Å². The van der Waals surface area contributed by atoms with E-state index in [1.54, 1.807) is 42.5 Å². The molecule has 0 aliphatic rings. The Morgan fingerprint density at radius 2 is 0.737 bits per heavy atom. The van der Waals surface area contributed by atoms with Gasteiger partial charge in [0.2, 0.25) is 0 Å². The zero-order valence-corrected chi connectivity index (χ0v) is 39.9. The molecule has 12 aromatic rings. The Balaban J connectivity index is 1.15. The maximum Gasteiger partial charge on any atom is 0.416 e. The summed E-state index contributed by atoms with van der Waals surface area (Å²) in [5.74, 6) is 0. The molecule has 0 aliphatic carbocycles. The SMILES string of the molecule is [C-]#[N+]c1cccc(-c2ccc3c(c2)c2cc(-c4cccc(C#N)c4)ccc2n3-c2ccc(C(F)(F)F)cc2-c2ccc([N+]#[C-])cc2-n2c3ccc(-c4cccc(C#N)c4)cc3c3cc(-c4cccc([N+]#[C-])c4)ccc32)c1. The molecule has 0 N–H and O–H groups in total. The Morgan fingerprint density at radius 1 is 0.355 bits per heavy atom. The van der Waals surface area contributed by atoms with Gasteiger partial charge in [0.25, 0.3) is 0 Å². The number of rotatable bonds is 7. The molecular weight excluding hydrogens is 948 g/mol. The predicted molar refractivity (Wildman–Crippen MR) is 296 cm³/mol. The Morgan fingerprint density at radius 3 is 1.14 bits per heavy atom. The lowest BCUT2D eigenvalue weighted by molar-refractivity contribution is -0.137. The molecule has 76 heavy (non-hydrogen) atoms. The molecule has 2 heterocycles. The van der Waals surface area contributed by atoms with Gasteiger partial charge in [-0.25, -0.2) is 14.5 Å². The number of hydrogen-bond acceptors (Lipinski definition) is 2. The Labute approximate surface area is 434 Å². The average molecular weight is 982 g/mol. The van der Waals surface area contributed by atoms with Gasteiger partial charge in [0.1, 0.15) is 0 Å². The molecule has 7 nitrogen and oxygen atoms in total. The van der Waals surface area contributed by atoms with Crippen LogP contribution in [-0.4, -0.2) is 9.13 Å². The molecular formula is C66H34F3N7. The maximum absolute atomic E-state index is 15.2. The molecule has 2 aromatic heterocycles. The van der Waals surface area contributed by atoms with Gasteiger partial charge in [0, 0.05) is 38.4 Å². The van der Waals surface area contributed by atoms with Crippen LogP contribution in [-0.2, 0) is 6.18 Å². The lowest BCUT2D eigenvalue weighted by atomic mass is 9.97. The predicted octanol–water partition coefficient (Wildman–Crippen LogP) is 18.6. The van der Waals surface area contributed by atoms with Crippen LogP contribution in [0.5, 0.6) is 0 Å². The Bertz CT molecular complexity index is 4420. The molecule has 0 saturated heterocycles. The topological polar surface area (TPSA) is 70.5 Å². The molecule has 0 unspecified atom stereocenters. The van der Waals surface area contributed by atoms with Gasteiger partial charge in [-0.2, -0.15) is 23.7 Å². The molecule has 10 heteroatoms. The van der Waals surface area contributed by atoms with Crippen molar-refractivity contribution in [1.29, 1.82) is 10.5 Å². The molecule has 10 aromatic carbocycles. The van der Waals surface area contributed by atoms with Gasteiger partial charge in [-0.05, 0) is 154 Å². The van der Waals surface area contributed by atoms with Crippen molar-refractivity contribution in [2.24, 2.45) is 0 Å². The first-order valence-corrected chi connectivity index (χ1v) is 23.9. The van der Waals surface area contributed by atoms with E-state index in [0.29, 0.717) is 50.5 Å². The van der Waals surface area contributed by atoms with Crippen LogP contribution in [0.3, 0.4) is 0 Å². The van der Waals surface area contributed by atoms with Crippen LogP contribution in [0, 0.1) is 42.4 Å². The van der Waals surface area contributed by atoms with Gasteiger partial charge in [-0.3, -0.25) is 0 Å². The minimum Gasteiger partial charge on any atom is -0.310 e. The zero-order valence-electron chi connectivity index (χ0n) is 39.9. The van der Waals surface area contributed by atoms with E-state index in [0.717, 1.165) is 83.2 Å². The molecule has 0 fully saturated rings. The van der Waals surface area contributed by atoms with Crippen molar-refractivity contribution in [3.63, 3.8) is 0 Å². The summed E-state index contributed by atoms with van der Waals surface area (Å²) in [4.78, 5) is 11.2. The third-order valence-electron chi connectivity index (χ3n) is 14.0. The van der Waals surface area contributed by atoms with Crippen LogP contribution in [0.1, 0.15) is 16.7 Å². The van der Waals surface area contributed by atoms with Crippen LogP contribution in [0.25, 0.3) is 125 Å². The fourth-order valence-electron chi connectivity index (χ4n) is 10.5. The van der Waals surface area contributed by atoms with E-state index in [9.17, 15) is 10.5 Å². The lowest BCUT2D eigenvalue weighted by Gasteiger charge is -2.21. The highest BCUT2D eigenvalue weighted by molar-refractivity contribution is 6.14. The second kappa shape index (κ2) is 18.3. The Hall–Kier alpha value is -11.0. The first kappa shape index (κ1) is 46.1. The van der Waals surface area contributed by atoms with Gasteiger partial charge in [-0.1, -0.05) is 97.1 Å². The summed E-state index contributed by atoms with van der Waals surface area (Å²) in [6.45, 7) is 23.6. The molecule has 0 saturated carbocycles. The van der Waals surface area contributed by atoms with Crippen LogP contribution in [0.2, 0.25) is 0 Å². The second-order valence-electron chi connectivity index (χ2n) is 18.4. The molecule has 12 rings (SSSR count). The largest absolute Gasteiger partial charge is 0.416 e. The number of alkyl halides is 3. The monoisotopic (exact) mass is 981 g/mol. The van der Waals surface area contributed by atoms with Crippen LogP contribution in [0.15, 0.2) is 206 Å². The van der Waals surface area contributed by atoms with E-state index in [1.165, 1.54) is 12.1 Å². The molecule has 0 aliphatic heterocycles. The number of fused-ring (bicyclic) bond motifs is 6. The number of halogens is 3. The maximum atomic E-state index is 15.2. The van der Waals surface area contributed by atoms with Crippen molar-refractivity contribution >= 4 is 60.7 Å². The number of hydrogen-bond donors (Lipinski definition) is 0. The van der Waals surface area contributed by atoms with E-state index >= 15 is 13.2 Å². The zero-order chi connectivity index (χ0) is 52.2. The molecule has 0 bridgehead atoms. The summed E-state index contributed by atoms with van der Waals surface area (Å²) >= 11 is 0. The van der Waals surface area contributed by atoms with Crippen LogP contribution < -0.4 is 0 Å². The van der Waals surface area contributed by atoms with E-state index < -0.39 is 11.7 Å².